The molecule has 0 radical (unpaired) electrons. The zero-order chi connectivity index (χ0) is 10.2. The molecule has 2 unspecified atom stereocenters. The van der Waals surface area contributed by atoms with E-state index in [1.807, 2.05) is 0 Å². The fourth-order valence-corrected chi connectivity index (χ4v) is 2.00. The van der Waals surface area contributed by atoms with Gasteiger partial charge in [-0.25, -0.2) is 0 Å². The summed E-state index contributed by atoms with van der Waals surface area (Å²) in [7, 11) is 1.76. The number of hydrogen-bond acceptors (Lipinski definition) is 3. The molecule has 0 spiro atoms. The highest BCUT2D eigenvalue weighted by molar-refractivity contribution is 4.74. The predicted octanol–water partition coefficient (Wildman–Crippen LogP) is 1.57. The average molecular weight is 201 g/mol. The Kier molecular flexibility index (Phi) is 6.15. The lowest BCUT2D eigenvalue weighted by Gasteiger charge is -2.20. The molecule has 1 fully saturated rings. The van der Waals surface area contributed by atoms with Crippen LogP contribution in [0, 0.1) is 0 Å². The third-order valence-electron chi connectivity index (χ3n) is 2.73. The van der Waals surface area contributed by atoms with Gasteiger partial charge in [-0.1, -0.05) is 6.92 Å². The molecule has 1 rings (SSSR count). The Balaban J connectivity index is 2.18. The van der Waals surface area contributed by atoms with Crippen LogP contribution in [0.4, 0.5) is 0 Å². The minimum Gasteiger partial charge on any atom is -0.385 e. The molecule has 1 heterocycles. The first-order valence-electron chi connectivity index (χ1n) is 5.70. The Bertz CT molecular complexity index is 135. The minimum absolute atomic E-state index is 0.482. The van der Waals surface area contributed by atoms with E-state index in [0.717, 1.165) is 32.6 Å². The van der Waals surface area contributed by atoms with Gasteiger partial charge in [0.15, 0.2) is 0 Å². The molecular formula is C11H23NO2. The van der Waals surface area contributed by atoms with E-state index >= 15 is 0 Å². The van der Waals surface area contributed by atoms with E-state index < -0.39 is 0 Å². The Morgan fingerprint density at radius 3 is 3.00 bits per heavy atom. The average Bonchev–Trinajstić information content (AvgIpc) is 2.67. The van der Waals surface area contributed by atoms with E-state index in [1.165, 1.54) is 12.8 Å². The highest BCUT2D eigenvalue weighted by Crippen LogP contribution is 2.18. The Labute approximate surface area is 87.2 Å². The highest BCUT2D eigenvalue weighted by atomic mass is 16.5. The molecule has 0 aromatic heterocycles. The van der Waals surface area contributed by atoms with Gasteiger partial charge in [-0.2, -0.15) is 0 Å². The zero-order valence-corrected chi connectivity index (χ0v) is 9.42. The lowest BCUT2D eigenvalue weighted by Crippen LogP contribution is -2.33. The Morgan fingerprint density at radius 2 is 2.43 bits per heavy atom. The molecular weight excluding hydrogens is 178 g/mol. The number of ether oxygens (including phenoxy) is 2. The standard InChI is InChI=1S/C11H23NO2/c1-3-12-10(6-8-13-2)9-11-5-4-7-14-11/h10-12H,3-9H2,1-2H3. The summed E-state index contributed by atoms with van der Waals surface area (Å²) in [5.74, 6) is 0. The van der Waals surface area contributed by atoms with E-state index in [4.69, 9.17) is 9.47 Å². The third-order valence-corrected chi connectivity index (χ3v) is 2.73. The van der Waals surface area contributed by atoms with Gasteiger partial charge in [0.2, 0.25) is 0 Å². The van der Waals surface area contributed by atoms with E-state index in [2.05, 4.69) is 12.2 Å². The number of nitrogens with one attached hydrogen (secondary N) is 1. The fourth-order valence-electron chi connectivity index (χ4n) is 2.00. The van der Waals surface area contributed by atoms with Crippen LogP contribution in [0.25, 0.3) is 0 Å². The molecule has 0 amide bonds. The molecule has 3 nitrogen and oxygen atoms in total. The van der Waals surface area contributed by atoms with Crippen LogP contribution in [0.15, 0.2) is 0 Å². The van der Waals surface area contributed by atoms with Crippen molar-refractivity contribution in [3.63, 3.8) is 0 Å². The fraction of sp³-hybridized carbons (Fsp3) is 1.00. The van der Waals surface area contributed by atoms with Gasteiger partial charge in [0.1, 0.15) is 0 Å². The monoisotopic (exact) mass is 201 g/mol. The highest BCUT2D eigenvalue weighted by Gasteiger charge is 2.19. The van der Waals surface area contributed by atoms with Gasteiger partial charge in [0, 0.05) is 26.4 Å². The molecule has 14 heavy (non-hydrogen) atoms. The summed E-state index contributed by atoms with van der Waals surface area (Å²) in [6.07, 6.45) is 5.17. The Morgan fingerprint density at radius 1 is 1.57 bits per heavy atom. The molecule has 2 atom stereocenters. The van der Waals surface area contributed by atoms with Crippen LogP contribution >= 0.6 is 0 Å². The molecule has 1 saturated heterocycles. The van der Waals surface area contributed by atoms with E-state index in [-0.39, 0.29) is 0 Å². The van der Waals surface area contributed by atoms with Crippen LogP contribution in [-0.2, 0) is 9.47 Å². The quantitative estimate of drug-likeness (QED) is 0.678. The summed E-state index contributed by atoms with van der Waals surface area (Å²) in [5, 5.41) is 3.48. The predicted molar refractivity (Wildman–Crippen MR) is 57.5 cm³/mol. The first kappa shape index (κ1) is 12.0. The maximum atomic E-state index is 5.63. The van der Waals surface area contributed by atoms with Crippen LogP contribution in [-0.4, -0.2) is 39.0 Å². The van der Waals surface area contributed by atoms with Crippen LogP contribution in [0.3, 0.4) is 0 Å². The van der Waals surface area contributed by atoms with Crippen LogP contribution in [0.5, 0.6) is 0 Å². The molecule has 0 aliphatic carbocycles. The number of rotatable bonds is 7. The van der Waals surface area contributed by atoms with Crippen LogP contribution in [0.2, 0.25) is 0 Å². The molecule has 0 saturated carbocycles. The second-order valence-corrected chi connectivity index (χ2v) is 3.91. The third kappa shape index (κ3) is 4.40. The maximum absolute atomic E-state index is 5.63. The number of methoxy groups -OCH3 is 1. The smallest absolute Gasteiger partial charge is 0.0590 e. The summed E-state index contributed by atoms with van der Waals surface area (Å²) in [6, 6.07) is 0.558. The van der Waals surface area contributed by atoms with Gasteiger partial charge in [-0.05, 0) is 32.2 Å². The maximum Gasteiger partial charge on any atom is 0.0590 e. The summed E-state index contributed by atoms with van der Waals surface area (Å²) in [6.45, 7) is 4.97. The number of hydrogen-bond donors (Lipinski definition) is 1. The van der Waals surface area contributed by atoms with Gasteiger partial charge in [0.25, 0.3) is 0 Å². The van der Waals surface area contributed by atoms with Crippen LogP contribution in [0.1, 0.15) is 32.6 Å². The van der Waals surface area contributed by atoms with E-state index in [9.17, 15) is 0 Å². The summed E-state index contributed by atoms with van der Waals surface area (Å²) < 4.78 is 10.7. The van der Waals surface area contributed by atoms with Crippen molar-refractivity contribution < 1.29 is 9.47 Å². The van der Waals surface area contributed by atoms with E-state index in [0.29, 0.717) is 12.1 Å². The van der Waals surface area contributed by atoms with Crippen molar-refractivity contribution in [2.75, 3.05) is 26.9 Å². The van der Waals surface area contributed by atoms with Crippen molar-refractivity contribution in [1.29, 1.82) is 0 Å². The van der Waals surface area contributed by atoms with Gasteiger partial charge in [-0.3, -0.25) is 0 Å². The lowest BCUT2D eigenvalue weighted by molar-refractivity contribution is 0.0886. The molecule has 1 aliphatic rings. The Hall–Kier alpha value is -0.120. The SMILES string of the molecule is CCNC(CCOC)CC1CCCO1. The topological polar surface area (TPSA) is 30.5 Å². The van der Waals surface area contributed by atoms with Crippen molar-refractivity contribution in [1.82, 2.24) is 5.32 Å². The van der Waals surface area contributed by atoms with E-state index in [1.54, 1.807) is 7.11 Å². The second kappa shape index (κ2) is 7.21. The van der Waals surface area contributed by atoms with Gasteiger partial charge >= 0.3 is 0 Å². The van der Waals surface area contributed by atoms with Gasteiger partial charge in [-0.15, -0.1) is 0 Å². The summed E-state index contributed by atoms with van der Waals surface area (Å²) in [4.78, 5) is 0. The first-order valence-corrected chi connectivity index (χ1v) is 5.70. The molecule has 3 heteroatoms. The van der Waals surface area contributed by atoms with Crippen molar-refractivity contribution >= 4 is 0 Å². The van der Waals surface area contributed by atoms with Gasteiger partial charge < -0.3 is 14.8 Å². The zero-order valence-electron chi connectivity index (χ0n) is 9.42. The van der Waals surface area contributed by atoms with Crippen LogP contribution < -0.4 is 5.32 Å². The molecule has 0 aromatic rings. The first-order chi connectivity index (χ1) is 6.86. The van der Waals surface area contributed by atoms with Crippen molar-refractivity contribution in [3.05, 3.63) is 0 Å². The summed E-state index contributed by atoms with van der Waals surface area (Å²) >= 11 is 0. The second-order valence-electron chi connectivity index (χ2n) is 3.91. The molecule has 0 aromatic carbocycles. The normalized spacial score (nSPS) is 24.0. The van der Waals surface area contributed by atoms with Crippen molar-refractivity contribution in [2.24, 2.45) is 0 Å². The molecule has 1 aliphatic heterocycles. The molecule has 1 N–H and O–H groups in total. The molecule has 84 valence electrons. The molecule has 0 bridgehead atoms. The largest absolute Gasteiger partial charge is 0.385 e. The lowest BCUT2D eigenvalue weighted by atomic mass is 10.0. The summed E-state index contributed by atoms with van der Waals surface area (Å²) in [5.41, 5.74) is 0. The van der Waals surface area contributed by atoms with Gasteiger partial charge in [0.05, 0.1) is 6.10 Å². The van der Waals surface area contributed by atoms with Crippen molar-refractivity contribution in [3.8, 4) is 0 Å². The minimum atomic E-state index is 0.482. The van der Waals surface area contributed by atoms with Crippen molar-refractivity contribution in [2.45, 2.75) is 44.8 Å².